The maximum Gasteiger partial charge on any atom is 0.0705 e. The Morgan fingerprint density at radius 2 is 1.76 bits per heavy atom. The van der Waals surface area contributed by atoms with Crippen molar-refractivity contribution in [1.29, 1.82) is 0 Å². The Labute approximate surface area is 128 Å². The topological polar surface area (TPSA) is 24.9 Å². The van der Waals surface area contributed by atoms with Crippen LogP contribution in [0.1, 0.15) is 56.2 Å². The van der Waals surface area contributed by atoms with Gasteiger partial charge in [-0.25, -0.2) is 0 Å². The van der Waals surface area contributed by atoms with Gasteiger partial charge in [0.05, 0.1) is 5.52 Å². The molecule has 3 rings (SSSR count). The van der Waals surface area contributed by atoms with Gasteiger partial charge in [0.1, 0.15) is 0 Å². The molecule has 0 aliphatic heterocycles. The highest BCUT2D eigenvalue weighted by molar-refractivity contribution is 5.79. The minimum Gasteiger partial charge on any atom is -0.310 e. The quantitative estimate of drug-likeness (QED) is 0.879. The van der Waals surface area contributed by atoms with E-state index >= 15 is 0 Å². The smallest absolute Gasteiger partial charge is 0.0705 e. The summed E-state index contributed by atoms with van der Waals surface area (Å²) in [5, 5.41) is 5.01. The number of hydrogen-bond acceptors (Lipinski definition) is 2. The van der Waals surface area contributed by atoms with Gasteiger partial charge in [-0.2, -0.15) is 0 Å². The number of nitrogens with one attached hydrogen (secondary N) is 1. The SMILES string of the molecule is Cc1ccc2cc(CNC3CCCCCCC3)ccc2n1. The van der Waals surface area contributed by atoms with Crippen LogP contribution in [0.15, 0.2) is 30.3 Å². The molecule has 1 aromatic carbocycles. The van der Waals surface area contributed by atoms with E-state index in [0.29, 0.717) is 6.04 Å². The number of hydrogen-bond donors (Lipinski definition) is 1. The van der Waals surface area contributed by atoms with E-state index in [1.54, 1.807) is 0 Å². The van der Waals surface area contributed by atoms with Crippen molar-refractivity contribution in [2.24, 2.45) is 0 Å². The van der Waals surface area contributed by atoms with Gasteiger partial charge in [-0.1, -0.05) is 44.2 Å². The zero-order valence-electron chi connectivity index (χ0n) is 13.1. The second-order valence-corrected chi connectivity index (χ2v) is 6.40. The molecule has 1 aliphatic rings. The van der Waals surface area contributed by atoms with Gasteiger partial charge in [0.2, 0.25) is 0 Å². The third-order valence-corrected chi connectivity index (χ3v) is 4.59. The fourth-order valence-electron chi connectivity index (χ4n) is 3.31. The van der Waals surface area contributed by atoms with Crippen molar-refractivity contribution in [3.05, 3.63) is 41.6 Å². The minimum absolute atomic E-state index is 0.706. The lowest BCUT2D eigenvalue weighted by molar-refractivity contribution is 0.389. The van der Waals surface area contributed by atoms with Crippen LogP contribution in [0.25, 0.3) is 10.9 Å². The fourth-order valence-corrected chi connectivity index (χ4v) is 3.31. The molecule has 1 N–H and O–H groups in total. The van der Waals surface area contributed by atoms with Crippen LogP contribution in [0.3, 0.4) is 0 Å². The standard InChI is InChI=1S/C19H26N2/c1-15-9-11-17-13-16(10-12-19(17)21-15)14-20-18-7-5-3-2-4-6-8-18/h9-13,18,20H,2-8,14H2,1H3. The van der Waals surface area contributed by atoms with Crippen LogP contribution in [0, 0.1) is 6.92 Å². The summed E-state index contributed by atoms with van der Waals surface area (Å²) >= 11 is 0. The van der Waals surface area contributed by atoms with Crippen LogP contribution in [0.4, 0.5) is 0 Å². The molecule has 21 heavy (non-hydrogen) atoms. The van der Waals surface area contributed by atoms with E-state index in [0.717, 1.165) is 17.8 Å². The predicted molar refractivity (Wildman–Crippen MR) is 89.4 cm³/mol. The molecule has 0 atom stereocenters. The van der Waals surface area contributed by atoms with Gasteiger partial charge < -0.3 is 5.32 Å². The van der Waals surface area contributed by atoms with E-state index in [1.165, 1.54) is 55.9 Å². The molecule has 1 fully saturated rings. The zero-order valence-corrected chi connectivity index (χ0v) is 13.1. The van der Waals surface area contributed by atoms with Gasteiger partial charge in [-0.05, 0) is 43.5 Å². The Balaban J connectivity index is 1.63. The molecule has 0 amide bonds. The predicted octanol–water partition coefficient (Wildman–Crippen LogP) is 4.75. The summed E-state index contributed by atoms with van der Waals surface area (Å²) in [4.78, 5) is 4.57. The fraction of sp³-hybridized carbons (Fsp3) is 0.526. The lowest BCUT2D eigenvalue weighted by Gasteiger charge is -2.21. The molecule has 1 saturated carbocycles. The molecule has 0 saturated heterocycles. The number of pyridine rings is 1. The summed E-state index contributed by atoms with van der Waals surface area (Å²) in [6.07, 6.45) is 9.72. The van der Waals surface area contributed by atoms with Crippen LogP contribution in [-0.4, -0.2) is 11.0 Å². The van der Waals surface area contributed by atoms with E-state index in [-0.39, 0.29) is 0 Å². The molecule has 2 nitrogen and oxygen atoms in total. The Kier molecular flexibility index (Phi) is 4.87. The first-order chi connectivity index (χ1) is 10.3. The molecule has 1 heterocycles. The van der Waals surface area contributed by atoms with Crippen molar-refractivity contribution in [2.45, 2.75) is 64.5 Å². The Morgan fingerprint density at radius 3 is 2.57 bits per heavy atom. The first kappa shape index (κ1) is 14.5. The molecular weight excluding hydrogens is 256 g/mol. The number of benzene rings is 1. The van der Waals surface area contributed by atoms with Gasteiger partial charge in [-0.15, -0.1) is 0 Å². The average molecular weight is 282 g/mol. The number of fused-ring (bicyclic) bond motifs is 1. The highest BCUT2D eigenvalue weighted by Gasteiger charge is 2.10. The summed E-state index contributed by atoms with van der Waals surface area (Å²) in [7, 11) is 0. The third kappa shape index (κ3) is 4.04. The van der Waals surface area contributed by atoms with Gasteiger partial charge in [0, 0.05) is 23.7 Å². The Hall–Kier alpha value is -1.41. The van der Waals surface area contributed by atoms with E-state index in [4.69, 9.17) is 0 Å². The summed E-state index contributed by atoms with van der Waals surface area (Å²) in [6, 6.07) is 11.6. The maximum atomic E-state index is 4.57. The van der Waals surface area contributed by atoms with Crippen LogP contribution >= 0.6 is 0 Å². The number of rotatable bonds is 3. The van der Waals surface area contributed by atoms with E-state index in [2.05, 4.69) is 40.6 Å². The Morgan fingerprint density at radius 1 is 1.00 bits per heavy atom. The van der Waals surface area contributed by atoms with Crippen LogP contribution in [-0.2, 0) is 6.54 Å². The second kappa shape index (κ2) is 7.04. The van der Waals surface area contributed by atoms with Crippen molar-refractivity contribution in [2.75, 3.05) is 0 Å². The van der Waals surface area contributed by atoms with Gasteiger partial charge >= 0.3 is 0 Å². The first-order valence-electron chi connectivity index (χ1n) is 8.41. The molecule has 0 spiro atoms. The van der Waals surface area contributed by atoms with Crippen molar-refractivity contribution in [1.82, 2.24) is 10.3 Å². The van der Waals surface area contributed by atoms with Crippen molar-refractivity contribution in [3.63, 3.8) is 0 Å². The summed E-state index contributed by atoms with van der Waals surface area (Å²) in [6.45, 7) is 3.03. The first-order valence-corrected chi connectivity index (χ1v) is 8.41. The number of aromatic nitrogens is 1. The molecule has 0 radical (unpaired) electrons. The second-order valence-electron chi connectivity index (χ2n) is 6.40. The number of nitrogens with zero attached hydrogens (tertiary/aromatic N) is 1. The molecule has 0 bridgehead atoms. The normalized spacial score (nSPS) is 17.6. The summed E-state index contributed by atoms with van der Waals surface area (Å²) in [5.41, 5.74) is 3.56. The maximum absolute atomic E-state index is 4.57. The third-order valence-electron chi connectivity index (χ3n) is 4.59. The highest BCUT2D eigenvalue weighted by Crippen LogP contribution is 2.18. The van der Waals surface area contributed by atoms with E-state index in [9.17, 15) is 0 Å². The number of aryl methyl sites for hydroxylation is 1. The molecule has 2 heteroatoms. The van der Waals surface area contributed by atoms with Gasteiger partial charge in [-0.3, -0.25) is 4.98 Å². The zero-order chi connectivity index (χ0) is 14.5. The van der Waals surface area contributed by atoms with Crippen LogP contribution in [0.5, 0.6) is 0 Å². The van der Waals surface area contributed by atoms with Crippen molar-refractivity contribution in [3.8, 4) is 0 Å². The lowest BCUT2D eigenvalue weighted by atomic mass is 9.96. The van der Waals surface area contributed by atoms with Crippen LogP contribution < -0.4 is 5.32 Å². The highest BCUT2D eigenvalue weighted by atomic mass is 14.9. The molecule has 1 aromatic heterocycles. The van der Waals surface area contributed by atoms with Gasteiger partial charge in [0.15, 0.2) is 0 Å². The monoisotopic (exact) mass is 282 g/mol. The molecule has 0 unspecified atom stereocenters. The molecular formula is C19H26N2. The molecule has 2 aromatic rings. The van der Waals surface area contributed by atoms with E-state index in [1.807, 2.05) is 6.92 Å². The van der Waals surface area contributed by atoms with E-state index < -0.39 is 0 Å². The Bertz CT molecular complexity index is 583. The largest absolute Gasteiger partial charge is 0.310 e. The summed E-state index contributed by atoms with van der Waals surface area (Å²) < 4.78 is 0. The van der Waals surface area contributed by atoms with Crippen molar-refractivity contribution >= 4 is 10.9 Å². The molecule has 112 valence electrons. The van der Waals surface area contributed by atoms with Crippen LogP contribution in [0.2, 0.25) is 0 Å². The van der Waals surface area contributed by atoms with Crippen molar-refractivity contribution < 1.29 is 0 Å². The average Bonchev–Trinajstić information content (AvgIpc) is 2.46. The minimum atomic E-state index is 0.706. The lowest BCUT2D eigenvalue weighted by Crippen LogP contribution is -2.29. The van der Waals surface area contributed by atoms with Gasteiger partial charge in [0.25, 0.3) is 0 Å². The summed E-state index contributed by atoms with van der Waals surface area (Å²) in [5.74, 6) is 0. The molecule has 1 aliphatic carbocycles.